The summed E-state index contributed by atoms with van der Waals surface area (Å²) in [6.45, 7) is 1.62. The summed E-state index contributed by atoms with van der Waals surface area (Å²) in [5.74, 6) is 0.720. The molecule has 0 spiro atoms. The summed E-state index contributed by atoms with van der Waals surface area (Å²) in [4.78, 5) is 22.4. The number of aryl methyl sites for hydroxylation is 1. The van der Waals surface area contributed by atoms with Crippen LogP contribution in [0.4, 0.5) is 5.82 Å². The molecule has 2 N–H and O–H groups in total. The highest BCUT2D eigenvalue weighted by Gasteiger charge is 2.19. The van der Waals surface area contributed by atoms with Crippen molar-refractivity contribution >= 4 is 22.6 Å². The van der Waals surface area contributed by atoms with E-state index in [-0.39, 0.29) is 5.91 Å². The number of aromatic amines is 1. The van der Waals surface area contributed by atoms with Crippen LogP contribution in [-0.2, 0) is 11.8 Å². The fourth-order valence-corrected chi connectivity index (χ4v) is 3.44. The first-order valence-corrected chi connectivity index (χ1v) is 8.98. The molecule has 140 valence electrons. The number of benzene rings is 1. The third-order valence-corrected chi connectivity index (χ3v) is 4.86. The van der Waals surface area contributed by atoms with Gasteiger partial charge in [0.25, 0.3) is 0 Å². The van der Waals surface area contributed by atoms with Crippen LogP contribution in [-0.4, -0.2) is 55.5 Å². The van der Waals surface area contributed by atoms with Crippen LogP contribution in [0.15, 0.2) is 43.0 Å². The van der Waals surface area contributed by atoms with E-state index in [9.17, 15) is 4.79 Å². The van der Waals surface area contributed by atoms with Crippen LogP contribution in [0, 0.1) is 0 Å². The summed E-state index contributed by atoms with van der Waals surface area (Å²) < 4.78 is 1.78. The number of hydrogen-bond acceptors (Lipinski definition) is 6. The number of anilines is 1. The zero-order valence-corrected chi connectivity index (χ0v) is 15.3. The van der Waals surface area contributed by atoms with E-state index in [2.05, 4.69) is 36.6 Å². The van der Waals surface area contributed by atoms with Crippen LogP contribution in [0.3, 0.4) is 0 Å². The number of carbonyl (C=O) groups excluding carboxylic acids is 1. The number of aromatic nitrogens is 6. The Morgan fingerprint density at radius 2 is 2.07 bits per heavy atom. The van der Waals surface area contributed by atoms with Gasteiger partial charge >= 0.3 is 0 Å². The number of nitrogens with one attached hydrogen (secondary N) is 2. The van der Waals surface area contributed by atoms with Crippen molar-refractivity contribution in [1.29, 1.82) is 0 Å². The average molecular weight is 374 g/mol. The van der Waals surface area contributed by atoms with Crippen LogP contribution in [0.5, 0.6) is 0 Å². The fraction of sp³-hybridized carbons (Fsp3) is 0.211. The second kappa shape index (κ2) is 6.45. The minimum atomic E-state index is -0.00209. The smallest absolute Gasteiger partial charge is 0.239 e. The Labute approximate surface area is 160 Å². The summed E-state index contributed by atoms with van der Waals surface area (Å²) >= 11 is 0. The molecule has 1 fully saturated rings. The molecule has 1 amide bonds. The lowest BCUT2D eigenvalue weighted by atomic mass is 10.1. The van der Waals surface area contributed by atoms with Gasteiger partial charge in [-0.05, 0) is 17.7 Å². The third kappa shape index (κ3) is 2.86. The van der Waals surface area contributed by atoms with Crippen molar-refractivity contribution in [2.24, 2.45) is 7.05 Å². The molecule has 3 aromatic heterocycles. The molecule has 4 aromatic rings. The molecule has 1 aromatic carbocycles. The first kappa shape index (κ1) is 16.4. The number of nitrogens with zero attached hydrogens (tertiary/aromatic N) is 6. The van der Waals surface area contributed by atoms with Crippen molar-refractivity contribution in [2.75, 3.05) is 24.5 Å². The van der Waals surface area contributed by atoms with E-state index in [1.165, 1.54) is 6.33 Å². The molecule has 0 atom stereocenters. The van der Waals surface area contributed by atoms with Gasteiger partial charge in [0.1, 0.15) is 17.8 Å². The molecular formula is C19H18N8O. The summed E-state index contributed by atoms with van der Waals surface area (Å²) in [7, 11) is 1.90. The van der Waals surface area contributed by atoms with Crippen molar-refractivity contribution < 1.29 is 4.79 Å². The van der Waals surface area contributed by atoms with Crippen molar-refractivity contribution in [3.05, 3.63) is 43.0 Å². The lowest BCUT2D eigenvalue weighted by Gasteiger charge is -2.27. The third-order valence-electron chi connectivity index (χ3n) is 4.86. The van der Waals surface area contributed by atoms with Crippen LogP contribution < -0.4 is 10.2 Å². The Hall–Kier alpha value is -3.75. The van der Waals surface area contributed by atoms with Gasteiger partial charge in [0, 0.05) is 43.4 Å². The molecule has 28 heavy (non-hydrogen) atoms. The molecule has 1 saturated heterocycles. The maximum Gasteiger partial charge on any atom is 0.239 e. The van der Waals surface area contributed by atoms with E-state index < -0.39 is 0 Å². The first-order valence-electron chi connectivity index (χ1n) is 8.98. The number of hydrogen-bond donors (Lipinski definition) is 2. The van der Waals surface area contributed by atoms with Crippen LogP contribution in [0.1, 0.15) is 0 Å². The maximum absolute atomic E-state index is 11.7. The van der Waals surface area contributed by atoms with Gasteiger partial charge in [-0.15, -0.1) is 0 Å². The number of carbonyl (C=O) groups is 1. The molecule has 1 aliphatic rings. The molecule has 4 heterocycles. The monoisotopic (exact) mass is 374 g/mol. The fourth-order valence-electron chi connectivity index (χ4n) is 3.44. The van der Waals surface area contributed by atoms with E-state index >= 15 is 0 Å². The number of piperazine rings is 1. The van der Waals surface area contributed by atoms with E-state index in [1.54, 1.807) is 4.68 Å². The maximum atomic E-state index is 11.7. The number of H-pyrrole nitrogens is 1. The Kier molecular flexibility index (Phi) is 3.78. The van der Waals surface area contributed by atoms with Crippen LogP contribution in [0.25, 0.3) is 33.4 Å². The normalized spacial score (nSPS) is 14.5. The molecule has 5 rings (SSSR count). The van der Waals surface area contributed by atoms with Gasteiger partial charge in [-0.3, -0.25) is 14.6 Å². The van der Waals surface area contributed by atoms with Gasteiger partial charge in [-0.2, -0.15) is 10.2 Å². The Bertz CT molecular complexity index is 1180. The van der Waals surface area contributed by atoms with Gasteiger partial charge in [0.05, 0.1) is 24.0 Å². The van der Waals surface area contributed by atoms with E-state index in [4.69, 9.17) is 0 Å². The summed E-state index contributed by atoms with van der Waals surface area (Å²) in [6.07, 6.45) is 5.33. The average Bonchev–Trinajstić information content (AvgIpc) is 3.34. The second-order valence-electron chi connectivity index (χ2n) is 6.77. The zero-order chi connectivity index (χ0) is 19.1. The minimum absolute atomic E-state index is 0.00209. The Balaban J connectivity index is 1.55. The highest BCUT2D eigenvalue weighted by molar-refractivity contribution is 5.95. The molecule has 0 saturated carbocycles. The van der Waals surface area contributed by atoms with Crippen molar-refractivity contribution in [1.82, 2.24) is 35.3 Å². The molecule has 9 heteroatoms. The summed E-state index contributed by atoms with van der Waals surface area (Å²) in [5, 5.41) is 15.6. The predicted molar refractivity (Wildman–Crippen MR) is 105 cm³/mol. The Morgan fingerprint density at radius 3 is 2.89 bits per heavy atom. The standard InChI is InChI=1S/C19H18N8O/c1-26-9-13(8-23-26)12-2-3-15-14(6-12)19(25-24-15)16-7-17(22-11-21-16)27-5-4-20-18(28)10-27/h2-3,6-9,11H,4-5,10H2,1H3,(H,20,28)(H,24,25). The number of rotatable bonds is 3. The van der Waals surface area contributed by atoms with E-state index in [0.29, 0.717) is 25.3 Å². The van der Waals surface area contributed by atoms with Gasteiger partial charge in [-0.25, -0.2) is 9.97 Å². The van der Waals surface area contributed by atoms with Gasteiger partial charge in [0.15, 0.2) is 0 Å². The van der Waals surface area contributed by atoms with E-state index in [0.717, 1.165) is 33.5 Å². The summed E-state index contributed by atoms with van der Waals surface area (Å²) in [5.41, 5.74) is 4.50. The van der Waals surface area contributed by atoms with Gasteiger partial charge < -0.3 is 10.2 Å². The Morgan fingerprint density at radius 1 is 1.14 bits per heavy atom. The molecule has 0 unspecified atom stereocenters. The minimum Gasteiger partial charge on any atom is -0.353 e. The molecule has 0 aliphatic carbocycles. The van der Waals surface area contributed by atoms with Crippen molar-refractivity contribution in [3.8, 4) is 22.5 Å². The molecule has 0 radical (unpaired) electrons. The molecule has 1 aliphatic heterocycles. The topological polar surface area (TPSA) is 105 Å². The van der Waals surface area contributed by atoms with E-state index in [1.807, 2.05) is 42.5 Å². The second-order valence-corrected chi connectivity index (χ2v) is 6.77. The lowest BCUT2D eigenvalue weighted by molar-refractivity contribution is -0.120. The highest BCUT2D eigenvalue weighted by Crippen LogP contribution is 2.30. The SMILES string of the molecule is Cn1cc(-c2ccc3[nH]nc(-c4cc(N5CCNC(=O)C5)ncn4)c3c2)cn1. The van der Waals surface area contributed by atoms with Gasteiger partial charge in [-0.1, -0.05) is 6.07 Å². The van der Waals surface area contributed by atoms with Crippen molar-refractivity contribution in [2.45, 2.75) is 0 Å². The number of fused-ring (bicyclic) bond motifs is 1. The quantitative estimate of drug-likeness (QED) is 0.561. The first-order chi connectivity index (χ1) is 13.7. The van der Waals surface area contributed by atoms with Crippen LogP contribution in [0.2, 0.25) is 0 Å². The van der Waals surface area contributed by atoms with Crippen molar-refractivity contribution in [3.63, 3.8) is 0 Å². The molecule has 9 nitrogen and oxygen atoms in total. The lowest BCUT2D eigenvalue weighted by Crippen LogP contribution is -2.48. The zero-order valence-electron chi connectivity index (χ0n) is 15.3. The highest BCUT2D eigenvalue weighted by atomic mass is 16.2. The largest absolute Gasteiger partial charge is 0.353 e. The number of amides is 1. The van der Waals surface area contributed by atoms with Gasteiger partial charge in [0.2, 0.25) is 5.91 Å². The predicted octanol–water partition coefficient (Wildman–Crippen LogP) is 1.36. The summed E-state index contributed by atoms with van der Waals surface area (Å²) in [6, 6.07) is 8.01. The van der Waals surface area contributed by atoms with Crippen LogP contribution >= 0.6 is 0 Å². The molecular weight excluding hydrogens is 356 g/mol. The molecule has 0 bridgehead atoms.